The van der Waals surface area contributed by atoms with Crippen molar-refractivity contribution in [3.8, 4) is 0 Å². The van der Waals surface area contributed by atoms with Crippen molar-refractivity contribution in [2.45, 2.75) is 13.5 Å². The largest absolute Gasteiger partial charge is 0.356 e. The standard InChI is InChI=1S/C18H29Cl2N5/c1-14(13-25-8-6-24(3)7-9-25)11-22-18(21-2)23-12-15-4-5-16(19)10-17(15)20/h4-5,10,14H,6-9,11-13H2,1-3H3,(H2,21,22,23). The van der Waals surface area contributed by atoms with Crippen LogP contribution >= 0.6 is 23.2 Å². The van der Waals surface area contributed by atoms with Gasteiger partial charge in [-0.25, -0.2) is 0 Å². The van der Waals surface area contributed by atoms with Gasteiger partial charge in [0.2, 0.25) is 0 Å². The maximum absolute atomic E-state index is 6.21. The molecule has 1 atom stereocenters. The summed E-state index contributed by atoms with van der Waals surface area (Å²) in [6, 6.07) is 5.54. The van der Waals surface area contributed by atoms with Gasteiger partial charge in [-0.05, 0) is 30.7 Å². The van der Waals surface area contributed by atoms with Crippen molar-refractivity contribution in [3.05, 3.63) is 33.8 Å². The average Bonchev–Trinajstić information content (AvgIpc) is 2.58. The van der Waals surface area contributed by atoms with Crippen molar-refractivity contribution in [3.63, 3.8) is 0 Å². The Labute approximate surface area is 161 Å². The molecule has 1 aromatic rings. The average molecular weight is 386 g/mol. The maximum atomic E-state index is 6.21. The molecular formula is C18H29Cl2N5. The van der Waals surface area contributed by atoms with Crippen LogP contribution in [0.15, 0.2) is 23.2 Å². The van der Waals surface area contributed by atoms with E-state index < -0.39 is 0 Å². The van der Waals surface area contributed by atoms with Gasteiger partial charge < -0.3 is 20.4 Å². The molecule has 0 saturated carbocycles. The molecule has 0 radical (unpaired) electrons. The first-order valence-corrected chi connectivity index (χ1v) is 9.53. The molecule has 1 fully saturated rings. The van der Waals surface area contributed by atoms with Crippen LogP contribution in [0.1, 0.15) is 12.5 Å². The fraction of sp³-hybridized carbons (Fsp3) is 0.611. The third-order valence-electron chi connectivity index (χ3n) is 4.47. The Hall–Kier alpha value is -1.01. The Morgan fingerprint density at radius 1 is 1.20 bits per heavy atom. The zero-order valence-electron chi connectivity index (χ0n) is 15.4. The van der Waals surface area contributed by atoms with E-state index in [1.54, 1.807) is 13.1 Å². The Morgan fingerprint density at radius 2 is 1.92 bits per heavy atom. The summed E-state index contributed by atoms with van der Waals surface area (Å²) < 4.78 is 0. The molecule has 1 saturated heterocycles. The third kappa shape index (κ3) is 7.02. The Kier molecular flexibility index (Phi) is 8.30. The maximum Gasteiger partial charge on any atom is 0.191 e. The minimum Gasteiger partial charge on any atom is -0.356 e. The van der Waals surface area contributed by atoms with Crippen LogP contribution in [0.5, 0.6) is 0 Å². The van der Waals surface area contributed by atoms with Crippen LogP contribution < -0.4 is 10.6 Å². The van der Waals surface area contributed by atoms with E-state index in [4.69, 9.17) is 23.2 Å². The summed E-state index contributed by atoms with van der Waals surface area (Å²) >= 11 is 12.1. The SMILES string of the molecule is CN=C(NCc1ccc(Cl)cc1Cl)NCC(C)CN1CCN(C)CC1. The van der Waals surface area contributed by atoms with Gasteiger partial charge in [-0.15, -0.1) is 0 Å². The number of nitrogens with one attached hydrogen (secondary N) is 2. The Morgan fingerprint density at radius 3 is 2.56 bits per heavy atom. The van der Waals surface area contributed by atoms with Crippen LogP contribution in [-0.4, -0.2) is 69.1 Å². The van der Waals surface area contributed by atoms with Gasteiger partial charge in [0.25, 0.3) is 0 Å². The lowest BCUT2D eigenvalue weighted by atomic mass is 10.1. The summed E-state index contributed by atoms with van der Waals surface area (Å²) in [6.07, 6.45) is 0. The Balaban J connectivity index is 1.72. The molecular weight excluding hydrogens is 357 g/mol. The van der Waals surface area contributed by atoms with Crippen molar-refractivity contribution < 1.29 is 0 Å². The number of benzene rings is 1. The van der Waals surface area contributed by atoms with E-state index in [9.17, 15) is 0 Å². The predicted octanol–water partition coefficient (Wildman–Crippen LogP) is 2.54. The summed E-state index contributed by atoms with van der Waals surface area (Å²) in [5, 5.41) is 8.02. The number of nitrogens with zero attached hydrogens (tertiary/aromatic N) is 3. The highest BCUT2D eigenvalue weighted by Gasteiger charge is 2.16. The van der Waals surface area contributed by atoms with Gasteiger partial charge >= 0.3 is 0 Å². The second kappa shape index (κ2) is 10.2. The van der Waals surface area contributed by atoms with Crippen LogP contribution in [0.3, 0.4) is 0 Å². The molecule has 0 aliphatic carbocycles. The molecule has 5 nitrogen and oxygen atoms in total. The molecule has 25 heavy (non-hydrogen) atoms. The number of aliphatic imine (C=N–C) groups is 1. The zero-order chi connectivity index (χ0) is 18.2. The van der Waals surface area contributed by atoms with Crippen molar-refractivity contribution in [2.24, 2.45) is 10.9 Å². The second-order valence-electron chi connectivity index (χ2n) is 6.75. The van der Waals surface area contributed by atoms with Gasteiger partial charge in [0.15, 0.2) is 5.96 Å². The van der Waals surface area contributed by atoms with E-state index in [0.29, 0.717) is 22.5 Å². The summed E-state index contributed by atoms with van der Waals surface area (Å²) in [7, 11) is 3.97. The molecule has 1 aliphatic heterocycles. The van der Waals surface area contributed by atoms with E-state index in [-0.39, 0.29) is 0 Å². The van der Waals surface area contributed by atoms with Gasteiger partial charge in [0, 0.05) is 62.9 Å². The molecule has 2 rings (SSSR count). The second-order valence-corrected chi connectivity index (χ2v) is 7.60. The molecule has 0 bridgehead atoms. The first-order chi connectivity index (χ1) is 12.0. The topological polar surface area (TPSA) is 42.9 Å². The van der Waals surface area contributed by atoms with Crippen molar-refractivity contribution in [2.75, 3.05) is 53.4 Å². The zero-order valence-corrected chi connectivity index (χ0v) is 16.9. The number of hydrogen-bond acceptors (Lipinski definition) is 3. The van der Waals surface area contributed by atoms with Crippen molar-refractivity contribution in [1.82, 2.24) is 20.4 Å². The van der Waals surface area contributed by atoms with Crippen molar-refractivity contribution >= 4 is 29.2 Å². The van der Waals surface area contributed by atoms with Gasteiger partial charge in [-0.2, -0.15) is 0 Å². The molecule has 0 spiro atoms. The van der Waals surface area contributed by atoms with E-state index in [2.05, 4.69) is 39.4 Å². The van der Waals surface area contributed by atoms with Gasteiger partial charge in [0.05, 0.1) is 0 Å². The first kappa shape index (κ1) is 20.3. The highest BCUT2D eigenvalue weighted by molar-refractivity contribution is 6.35. The van der Waals surface area contributed by atoms with Crippen LogP contribution in [0.25, 0.3) is 0 Å². The number of hydrogen-bond donors (Lipinski definition) is 2. The molecule has 0 aromatic heterocycles. The molecule has 1 unspecified atom stereocenters. The van der Waals surface area contributed by atoms with E-state index >= 15 is 0 Å². The third-order valence-corrected chi connectivity index (χ3v) is 5.06. The highest BCUT2D eigenvalue weighted by atomic mass is 35.5. The number of likely N-dealkylation sites (N-methyl/N-ethyl adjacent to an activating group) is 1. The molecule has 140 valence electrons. The van der Waals surface area contributed by atoms with Gasteiger partial charge in [-0.1, -0.05) is 36.2 Å². The highest BCUT2D eigenvalue weighted by Crippen LogP contribution is 2.20. The van der Waals surface area contributed by atoms with E-state index in [1.807, 2.05) is 12.1 Å². The van der Waals surface area contributed by atoms with Crippen LogP contribution in [0, 0.1) is 5.92 Å². The first-order valence-electron chi connectivity index (χ1n) is 8.77. The molecule has 1 aromatic carbocycles. The van der Waals surface area contributed by atoms with Crippen LogP contribution in [0.4, 0.5) is 0 Å². The normalized spacial score (nSPS) is 18.2. The monoisotopic (exact) mass is 385 g/mol. The lowest BCUT2D eigenvalue weighted by Crippen LogP contribution is -2.47. The summed E-state index contributed by atoms with van der Waals surface area (Å²) in [6.45, 7) is 9.51. The fourth-order valence-corrected chi connectivity index (χ4v) is 3.35. The van der Waals surface area contributed by atoms with Crippen LogP contribution in [-0.2, 0) is 6.54 Å². The molecule has 1 aliphatic rings. The molecule has 2 N–H and O–H groups in total. The Bertz CT molecular complexity index is 571. The quantitative estimate of drug-likeness (QED) is 0.583. The van der Waals surface area contributed by atoms with E-state index in [0.717, 1.165) is 50.8 Å². The minimum absolute atomic E-state index is 0.557. The van der Waals surface area contributed by atoms with Gasteiger partial charge in [0.1, 0.15) is 0 Å². The number of piperazine rings is 1. The van der Waals surface area contributed by atoms with E-state index in [1.165, 1.54) is 0 Å². The smallest absolute Gasteiger partial charge is 0.191 e. The molecule has 1 heterocycles. The number of guanidine groups is 1. The minimum atomic E-state index is 0.557. The molecule has 7 heteroatoms. The fourth-order valence-electron chi connectivity index (χ4n) is 2.87. The van der Waals surface area contributed by atoms with Gasteiger partial charge in [-0.3, -0.25) is 4.99 Å². The summed E-state index contributed by atoms with van der Waals surface area (Å²) in [4.78, 5) is 9.20. The number of halogens is 2. The predicted molar refractivity (Wildman–Crippen MR) is 108 cm³/mol. The van der Waals surface area contributed by atoms with Crippen molar-refractivity contribution in [1.29, 1.82) is 0 Å². The lowest BCUT2D eigenvalue weighted by molar-refractivity contribution is 0.139. The summed E-state index contributed by atoms with van der Waals surface area (Å²) in [5.41, 5.74) is 1.000. The lowest BCUT2D eigenvalue weighted by Gasteiger charge is -2.34. The summed E-state index contributed by atoms with van der Waals surface area (Å²) in [5.74, 6) is 1.34. The van der Waals surface area contributed by atoms with Crippen LogP contribution in [0.2, 0.25) is 10.0 Å². The number of rotatable bonds is 6. The molecule has 0 amide bonds.